The molecular weight excluding hydrogens is 464 g/mol. The van der Waals surface area contributed by atoms with E-state index in [1.165, 1.54) is 12.0 Å². The predicted octanol–water partition coefficient (Wildman–Crippen LogP) is 6.94. The van der Waals surface area contributed by atoms with Gasteiger partial charge in [-0.15, -0.1) is 0 Å². The molecule has 0 aromatic heterocycles. The van der Waals surface area contributed by atoms with Crippen molar-refractivity contribution in [1.82, 2.24) is 0 Å². The summed E-state index contributed by atoms with van der Waals surface area (Å²) in [5.41, 5.74) is 1.40. The lowest BCUT2D eigenvalue weighted by Gasteiger charge is -2.45. The molecule has 0 radical (unpaired) electrons. The number of sulfone groups is 2. The van der Waals surface area contributed by atoms with Gasteiger partial charge in [-0.1, -0.05) is 69.9 Å². The first-order valence-electron chi connectivity index (χ1n) is 14.5. The van der Waals surface area contributed by atoms with Crippen molar-refractivity contribution in [3.63, 3.8) is 0 Å². The summed E-state index contributed by atoms with van der Waals surface area (Å²) in [6.45, 7) is 2.16. The van der Waals surface area contributed by atoms with E-state index >= 15 is 0 Å². The summed E-state index contributed by atoms with van der Waals surface area (Å²) in [5.74, 6) is 0.0594. The maximum absolute atomic E-state index is 14.1. The molecule has 4 aliphatic carbocycles. The Bertz CT molecular complexity index is 899. The van der Waals surface area contributed by atoms with Gasteiger partial charge in [-0.2, -0.15) is 0 Å². The first kappa shape index (κ1) is 26.7. The van der Waals surface area contributed by atoms with Crippen LogP contribution in [0.15, 0.2) is 11.6 Å². The van der Waals surface area contributed by atoms with Gasteiger partial charge in [-0.05, 0) is 82.5 Å². The van der Waals surface area contributed by atoms with Crippen molar-refractivity contribution in [3.05, 3.63) is 11.6 Å². The lowest BCUT2D eigenvalue weighted by Crippen LogP contribution is -2.51. The fourth-order valence-corrected chi connectivity index (χ4v) is 13.2. The Morgan fingerprint density at radius 1 is 0.618 bits per heavy atom. The third-order valence-electron chi connectivity index (χ3n) is 9.79. The van der Waals surface area contributed by atoms with Crippen LogP contribution in [0.3, 0.4) is 0 Å². The minimum Gasteiger partial charge on any atom is -0.228 e. The molecule has 6 heteroatoms. The van der Waals surface area contributed by atoms with Gasteiger partial charge in [0.05, 0.1) is 21.0 Å². The van der Waals surface area contributed by atoms with Gasteiger partial charge in [0.2, 0.25) is 0 Å². The molecule has 0 bridgehead atoms. The van der Waals surface area contributed by atoms with Gasteiger partial charge >= 0.3 is 0 Å². The summed E-state index contributed by atoms with van der Waals surface area (Å²) in [6.07, 6.45) is 20.0. The molecule has 5 unspecified atom stereocenters. The maximum Gasteiger partial charge on any atom is 0.156 e. The highest BCUT2D eigenvalue weighted by molar-refractivity contribution is 7.93. The second kappa shape index (κ2) is 11.8. The highest BCUT2D eigenvalue weighted by Crippen LogP contribution is 2.47. The van der Waals surface area contributed by atoms with Gasteiger partial charge in [0.15, 0.2) is 19.7 Å². The van der Waals surface area contributed by atoms with Crippen molar-refractivity contribution >= 4 is 19.7 Å². The molecule has 0 saturated heterocycles. The molecule has 0 aromatic carbocycles. The molecule has 3 saturated carbocycles. The van der Waals surface area contributed by atoms with Gasteiger partial charge < -0.3 is 0 Å². The van der Waals surface area contributed by atoms with Crippen LogP contribution in [0.5, 0.6) is 0 Å². The highest BCUT2D eigenvalue weighted by atomic mass is 32.2. The van der Waals surface area contributed by atoms with Crippen molar-refractivity contribution in [1.29, 1.82) is 0 Å². The second-order valence-electron chi connectivity index (χ2n) is 11.7. The molecule has 0 aliphatic heterocycles. The molecule has 4 nitrogen and oxygen atoms in total. The van der Waals surface area contributed by atoms with E-state index in [4.69, 9.17) is 0 Å². The summed E-state index contributed by atoms with van der Waals surface area (Å²) < 4.78 is 56.0. The average Bonchev–Trinajstić information content (AvgIpc) is 3.02. The largest absolute Gasteiger partial charge is 0.228 e. The summed E-state index contributed by atoms with van der Waals surface area (Å²) >= 11 is 0. The molecule has 3 fully saturated rings. The minimum atomic E-state index is -3.28. The fraction of sp³-hybridized carbons (Fsp3) is 0.929. The van der Waals surface area contributed by atoms with Crippen LogP contribution >= 0.6 is 0 Å². The van der Waals surface area contributed by atoms with E-state index in [-0.39, 0.29) is 32.8 Å². The Hall–Kier alpha value is -0.360. The van der Waals surface area contributed by atoms with Crippen LogP contribution in [-0.4, -0.2) is 37.8 Å². The number of allylic oxidation sites excluding steroid dienone is 2. The van der Waals surface area contributed by atoms with E-state index in [9.17, 15) is 16.8 Å². The zero-order chi connectivity index (χ0) is 24.2. The van der Waals surface area contributed by atoms with Crippen molar-refractivity contribution in [2.75, 3.05) is 0 Å². The molecular formula is C28H48O4S2. The summed E-state index contributed by atoms with van der Waals surface area (Å²) in [5, 5.41) is -1.12. The SMILES string of the molecule is CCC1=CCC(S(=O)(=O)C2CCC(S(=O)(=O)C3CCCCC3)C3CCCCCCCC32)CCC1. The zero-order valence-electron chi connectivity index (χ0n) is 21.4. The van der Waals surface area contributed by atoms with Crippen LogP contribution in [0.25, 0.3) is 0 Å². The Balaban J connectivity index is 1.62. The van der Waals surface area contributed by atoms with Crippen LogP contribution in [0.2, 0.25) is 0 Å². The van der Waals surface area contributed by atoms with Crippen molar-refractivity contribution in [3.8, 4) is 0 Å². The number of hydrogen-bond acceptors (Lipinski definition) is 4. The first-order valence-corrected chi connectivity index (χ1v) is 17.7. The van der Waals surface area contributed by atoms with Gasteiger partial charge in [-0.25, -0.2) is 16.8 Å². The van der Waals surface area contributed by atoms with Crippen LogP contribution < -0.4 is 0 Å². The topological polar surface area (TPSA) is 68.3 Å². The first-order chi connectivity index (χ1) is 16.4. The monoisotopic (exact) mass is 512 g/mol. The maximum atomic E-state index is 14.1. The fourth-order valence-electron chi connectivity index (χ4n) is 7.80. The van der Waals surface area contributed by atoms with E-state index in [0.29, 0.717) is 19.3 Å². The lowest BCUT2D eigenvalue weighted by molar-refractivity contribution is 0.212. The van der Waals surface area contributed by atoms with E-state index in [1.54, 1.807) is 0 Å². The summed E-state index contributed by atoms with van der Waals surface area (Å²) in [6, 6.07) is 0. The molecule has 0 N–H and O–H groups in total. The molecule has 4 rings (SSSR count). The Morgan fingerprint density at radius 2 is 1.09 bits per heavy atom. The molecule has 34 heavy (non-hydrogen) atoms. The Labute approximate surface area is 209 Å². The quantitative estimate of drug-likeness (QED) is 0.374. The van der Waals surface area contributed by atoms with Gasteiger partial charge in [0, 0.05) is 0 Å². The van der Waals surface area contributed by atoms with Gasteiger partial charge in [0.1, 0.15) is 0 Å². The molecule has 0 amide bonds. The molecule has 196 valence electrons. The third kappa shape index (κ3) is 5.79. The highest BCUT2D eigenvalue weighted by Gasteiger charge is 2.51. The predicted molar refractivity (Wildman–Crippen MR) is 141 cm³/mol. The van der Waals surface area contributed by atoms with Crippen LogP contribution in [0, 0.1) is 11.8 Å². The minimum absolute atomic E-state index is 0.0260. The number of hydrogen-bond donors (Lipinski definition) is 0. The zero-order valence-corrected chi connectivity index (χ0v) is 23.1. The standard InChI is InChI=1S/C28H48O4S2/c1-2-22-12-11-15-24(19-18-22)34(31,32)28-21-20-27(33(29,30)23-13-7-6-8-14-23)25-16-9-4-3-5-10-17-26(25)28/h18,23-28H,2-17,19-21H2,1H3. The van der Waals surface area contributed by atoms with Gasteiger partial charge in [-0.3, -0.25) is 0 Å². The van der Waals surface area contributed by atoms with Crippen molar-refractivity contribution in [2.45, 2.75) is 150 Å². The van der Waals surface area contributed by atoms with Crippen molar-refractivity contribution in [2.24, 2.45) is 11.8 Å². The normalized spacial score (nSPS) is 35.2. The van der Waals surface area contributed by atoms with Gasteiger partial charge in [0.25, 0.3) is 0 Å². The van der Waals surface area contributed by atoms with Crippen LogP contribution in [0.1, 0.15) is 129 Å². The number of fused-ring (bicyclic) bond motifs is 1. The van der Waals surface area contributed by atoms with E-state index in [1.807, 2.05) is 0 Å². The van der Waals surface area contributed by atoms with E-state index in [2.05, 4.69) is 13.0 Å². The van der Waals surface area contributed by atoms with Crippen LogP contribution in [0.4, 0.5) is 0 Å². The second-order valence-corrected chi connectivity index (χ2v) is 16.6. The Morgan fingerprint density at radius 3 is 1.68 bits per heavy atom. The molecule has 0 heterocycles. The summed E-state index contributed by atoms with van der Waals surface area (Å²) in [7, 11) is -6.49. The molecule has 0 spiro atoms. The third-order valence-corrected chi connectivity index (χ3v) is 15.4. The smallest absolute Gasteiger partial charge is 0.156 e. The Kier molecular flexibility index (Phi) is 9.26. The van der Waals surface area contributed by atoms with E-state index < -0.39 is 19.7 Å². The lowest BCUT2D eigenvalue weighted by atomic mass is 9.74. The molecule has 5 atom stereocenters. The number of rotatable bonds is 5. The summed E-state index contributed by atoms with van der Waals surface area (Å²) in [4.78, 5) is 0. The van der Waals surface area contributed by atoms with E-state index in [0.717, 1.165) is 96.3 Å². The van der Waals surface area contributed by atoms with Crippen LogP contribution in [-0.2, 0) is 19.7 Å². The molecule has 4 aliphatic rings. The average molecular weight is 513 g/mol. The molecule has 0 aromatic rings. The van der Waals surface area contributed by atoms with Crippen molar-refractivity contribution < 1.29 is 16.8 Å².